The molecule has 2 amide bonds. The van der Waals surface area contributed by atoms with Crippen LogP contribution in [0.15, 0.2) is 48.5 Å². The topological polar surface area (TPSA) is 90.7 Å². The maximum atomic E-state index is 12.1. The summed E-state index contributed by atoms with van der Waals surface area (Å²) in [6.07, 6.45) is -4.79. The van der Waals surface area contributed by atoms with Crippen LogP contribution in [0.25, 0.3) is 0 Å². The number of nitrogens with two attached hydrogens (primary N) is 1. The number of alkyl halides is 3. The molecule has 0 aliphatic heterocycles. The second-order valence-corrected chi connectivity index (χ2v) is 4.77. The minimum atomic E-state index is -4.79. The molecular formula is C16H13F3N2O4. The van der Waals surface area contributed by atoms with E-state index in [4.69, 9.17) is 10.5 Å². The van der Waals surface area contributed by atoms with E-state index in [2.05, 4.69) is 10.1 Å². The number of anilines is 1. The highest BCUT2D eigenvalue weighted by Gasteiger charge is 2.30. The molecule has 0 fully saturated rings. The molecule has 0 unspecified atom stereocenters. The minimum absolute atomic E-state index is 0.129. The molecule has 0 aliphatic carbocycles. The first-order valence-corrected chi connectivity index (χ1v) is 6.92. The third-order valence-electron chi connectivity index (χ3n) is 2.88. The van der Waals surface area contributed by atoms with Crippen LogP contribution in [-0.2, 0) is 4.79 Å². The van der Waals surface area contributed by atoms with Gasteiger partial charge < -0.3 is 20.5 Å². The number of carbonyl (C=O) groups excluding carboxylic acids is 2. The lowest BCUT2D eigenvalue weighted by atomic mass is 10.2. The number of carbonyl (C=O) groups is 2. The number of halogens is 3. The molecule has 6 nitrogen and oxygen atoms in total. The van der Waals surface area contributed by atoms with E-state index >= 15 is 0 Å². The highest BCUT2D eigenvalue weighted by atomic mass is 19.4. The van der Waals surface area contributed by atoms with E-state index in [9.17, 15) is 22.8 Å². The molecule has 0 radical (unpaired) electrons. The summed E-state index contributed by atoms with van der Waals surface area (Å²) in [6, 6.07) is 10.8. The predicted octanol–water partition coefficient (Wildman–Crippen LogP) is 2.70. The lowest BCUT2D eigenvalue weighted by Gasteiger charge is -2.11. The summed E-state index contributed by atoms with van der Waals surface area (Å²) in [5.41, 5.74) is 5.58. The molecule has 132 valence electrons. The van der Waals surface area contributed by atoms with E-state index in [1.54, 1.807) is 12.1 Å². The van der Waals surface area contributed by atoms with Gasteiger partial charge in [0.25, 0.3) is 11.8 Å². The fourth-order valence-electron chi connectivity index (χ4n) is 1.88. The zero-order valence-electron chi connectivity index (χ0n) is 12.7. The Labute approximate surface area is 140 Å². The highest BCUT2D eigenvalue weighted by Crippen LogP contribution is 2.24. The summed E-state index contributed by atoms with van der Waals surface area (Å²) in [5, 5.41) is 2.43. The Kier molecular flexibility index (Phi) is 5.48. The Hall–Kier alpha value is -3.23. The molecule has 0 heterocycles. The molecule has 0 spiro atoms. The number of hydrogen-bond donors (Lipinski definition) is 2. The van der Waals surface area contributed by atoms with Crippen molar-refractivity contribution in [2.24, 2.45) is 5.73 Å². The first-order valence-electron chi connectivity index (χ1n) is 6.92. The first-order chi connectivity index (χ1) is 11.7. The summed E-state index contributed by atoms with van der Waals surface area (Å²) in [4.78, 5) is 23.1. The van der Waals surface area contributed by atoms with Crippen LogP contribution in [0.2, 0.25) is 0 Å². The van der Waals surface area contributed by atoms with Gasteiger partial charge in [0.2, 0.25) is 0 Å². The fourth-order valence-corrected chi connectivity index (χ4v) is 1.88. The number of amides is 2. The Balaban J connectivity index is 1.92. The molecular weight excluding hydrogens is 341 g/mol. The number of rotatable bonds is 6. The third-order valence-corrected chi connectivity index (χ3v) is 2.88. The van der Waals surface area contributed by atoms with E-state index in [1.807, 2.05) is 0 Å². The molecule has 0 saturated carbocycles. The molecule has 2 aromatic rings. The van der Waals surface area contributed by atoms with Gasteiger partial charge in [-0.25, -0.2) is 0 Å². The quantitative estimate of drug-likeness (QED) is 0.834. The Morgan fingerprint density at radius 3 is 2.28 bits per heavy atom. The van der Waals surface area contributed by atoms with Gasteiger partial charge >= 0.3 is 6.36 Å². The fraction of sp³-hybridized carbons (Fsp3) is 0.125. The van der Waals surface area contributed by atoms with E-state index in [0.717, 1.165) is 12.1 Å². The van der Waals surface area contributed by atoms with Crippen molar-refractivity contribution in [2.45, 2.75) is 6.36 Å². The molecule has 0 atom stereocenters. The van der Waals surface area contributed by atoms with Gasteiger partial charge in [-0.05, 0) is 36.4 Å². The number of nitrogens with one attached hydrogen (secondary N) is 1. The maximum Gasteiger partial charge on any atom is 0.573 e. The van der Waals surface area contributed by atoms with E-state index in [1.165, 1.54) is 24.3 Å². The number of para-hydroxylation sites is 1. The van der Waals surface area contributed by atoms with Crippen molar-refractivity contribution >= 4 is 17.5 Å². The molecule has 3 N–H and O–H groups in total. The van der Waals surface area contributed by atoms with Crippen LogP contribution in [0, 0.1) is 0 Å². The van der Waals surface area contributed by atoms with Gasteiger partial charge in [-0.1, -0.05) is 12.1 Å². The number of ether oxygens (including phenoxy) is 2. The minimum Gasteiger partial charge on any atom is -0.483 e. The van der Waals surface area contributed by atoms with Crippen LogP contribution in [-0.4, -0.2) is 24.8 Å². The second kappa shape index (κ2) is 7.56. The Morgan fingerprint density at radius 1 is 1.04 bits per heavy atom. The molecule has 25 heavy (non-hydrogen) atoms. The van der Waals surface area contributed by atoms with Crippen LogP contribution in [0.5, 0.6) is 11.5 Å². The molecule has 9 heteroatoms. The predicted molar refractivity (Wildman–Crippen MR) is 82.2 cm³/mol. The number of primary amides is 1. The van der Waals surface area contributed by atoms with Gasteiger partial charge in [0.1, 0.15) is 11.5 Å². The van der Waals surface area contributed by atoms with Crippen LogP contribution < -0.4 is 20.5 Å². The van der Waals surface area contributed by atoms with Crippen molar-refractivity contribution in [1.82, 2.24) is 0 Å². The van der Waals surface area contributed by atoms with Gasteiger partial charge in [0.15, 0.2) is 6.61 Å². The molecule has 0 aliphatic rings. The molecule has 0 saturated heterocycles. The standard InChI is InChI=1S/C16H13F3N2O4/c17-16(18,19)25-11-7-5-10(6-8-11)21-14(22)9-24-13-4-2-1-3-12(13)15(20)23/h1-8H,9H2,(H2,20,23)(H,21,22). The SMILES string of the molecule is NC(=O)c1ccccc1OCC(=O)Nc1ccc(OC(F)(F)F)cc1. The van der Waals surface area contributed by atoms with Crippen molar-refractivity contribution in [2.75, 3.05) is 11.9 Å². The maximum absolute atomic E-state index is 12.1. The van der Waals surface area contributed by atoms with Crippen molar-refractivity contribution in [3.05, 3.63) is 54.1 Å². The van der Waals surface area contributed by atoms with Crippen LogP contribution in [0.3, 0.4) is 0 Å². The van der Waals surface area contributed by atoms with E-state index < -0.39 is 30.5 Å². The summed E-state index contributed by atoms with van der Waals surface area (Å²) in [7, 11) is 0. The van der Waals surface area contributed by atoms with Gasteiger partial charge in [-0.3, -0.25) is 9.59 Å². The van der Waals surface area contributed by atoms with Crippen molar-refractivity contribution in [3.8, 4) is 11.5 Å². The average molecular weight is 354 g/mol. The second-order valence-electron chi connectivity index (χ2n) is 4.77. The lowest BCUT2D eigenvalue weighted by Crippen LogP contribution is -2.21. The summed E-state index contributed by atoms with van der Waals surface area (Å²) in [5.74, 6) is -1.52. The number of hydrogen-bond acceptors (Lipinski definition) is 4. The molecule has 0 bridgehead atoms. The number of benzene rings is 2. The highest BCUT2D eigenvalue weighted by molar-refractivity contribution is 5.96. The zero-order chi connectivity index (χ0) is 18.4. The monoisotopic (exact) mass is 354 g/mol. The van der Waals surface area contributed by atoms with Gasteiger partial charge in [-0.15, -0.1) is 13.2 Å². The van der Waals surface area contributed by atoms with Gasteiger partial charge in [0.05, 0.1) is 5.56 Å². The average Bonchev–Trinajstić information content (AvgIpc) is 2.53. The smallest absolute Gasteiger partial charge is 0.483 e. The van der Waals surface area contributed by atoms with Crippen LogP contribution in [0.4, 0.5) is 18.9 Å². The lowest BCUT2D eigenvalue weighted by molar-refractivity contribution is -0.274. The van der Waals surface area contributed by atoms with Gasteiger partial charge in [-0.2, -0.15) is 0 Å². The van der Waals surface area contributed by atoms with Crippen molar-refractivity contribution in [1.29, 1.82) is 0 Å². The molecule has 2 rings (SSSR count). The molecule has 2 aromatic carbocycles. The summed E-state index contributed by atoms with van der Waals surface area (Å²) < 4.78 is 45.1. The third kappa shape index (κ3) is 5.72. The van der Waals surface area contributed by atoms with Gasteiger partial charge in [0, 0.05) is 5.69 Å². The largest absolute Gasteiger partial charge is 0.573 e. The normalized spacial score (nSPS) is 10.8. The van der Waals surface area contributed by atoms with E-state index in [0.29, 0.717) is 0 Å². The Bertz CT molecular complexity index is 761. The first kappa shape index (κ1) is 18.1. The summed E-state index contributed by atoms with van der Waals surface area (Å²) in [6.45, 7) is -0.412. The van der Waals surface area contributed by atoms with Crippen molar-refractivity contribution < 1.29 is 32.2 Å². The van der Waals surface area contributed by atoms with E-state index in [-0.39, 0.29) is 17.0 Å². The zero-order valence-corrected chi connectivity index (χ0v) is 12.7. The Morgan fingerprint density at radius 2 is 1.68 bits per heavy atom. The van der Waals surface area contributed by atoms with Crippen molar-refractivity contribution in [3.63, 3.8) is 0 Å². The summed E-state index contributed by atoms with van der Waals surface area (Å²) >= 11 is 0. The molecule has 0 aromatic heterocycles. The van der Waals surface area contributed by atoms with Crippen LogP contribution in [0.1, 0.15) is 10.4 Å². The van der Waals surface area contributed by atoms with Crippen LogP contribution >= 0.6 is 0 Å².